The number of aliphatic imine (C=N–C) groups is 1. The summed E-state index contributed by atoms with van der Waals surface area (Å²) >= 11 is 0. The summed E-state index contributed by atoms with van der Waals surface area (Å²) in [6.07, 6.45) is 2.98. The van der Waals surface area contributed by atoms with Crippen LogP contribution >= 0.6 is 0 Å². The number of nitrogens with zero attached hydrogens (tertiary/aromatic N) is 1. The Balaban J connectivity index is 2.82. The van der Waals surface area contributed by atoms with Gasteiger partial charge in [-0.25, -0.2) is 4.79 Å². The van der Waals surface area contributed by atoms with Gasteiger partial charge in [-0.2, -0.15) is 0 Å². The third kappa shape index (κ3) is 1.39. The molecule has 11 heavy (non-hydrogen) atoms. The zero-order valence-electron chi connectivity index (χ0n) is 6.46. The van der Waals surface area contributed by atoms with E-state index >= 15 is 0 Å². The Bertz CT molecular complexity index is 245. The van der Waals surface area contributed by atoms with Crippen molar-refractivity contribution in [3.63, 3.8) is 0 Å². The van der Waals surface area contributed by atoms with Gasteiger partial charge in [0.15, 0.2) is 5.54 Å². The maximum Gasteiger partial charge on any atom is 0.334 e. The molecule has 0 aromatic carbocycles. The summed E-state index contributed by atoms with van der Waals surface area (Å²) in [6, 6.07) is 0. The van der Waals surface area contributed by atoms with Crippen LogP contribution in [0.25, 0.3) is 0 Å². The topological polar surface area (TPSA) is 61.7 Å². The van der Waals surface area contributed by atoms with E-state index in [-0.39, 0.29) is 0 Å². The molecule has 0 radical (unpaired) electrons. The van der Waals surface area contributed by atoms with Gasteiger partial charge in [0, 0.05) is 12.4 Å². The van der Waals surface area contributed by atoms with E-state index in [0.29, 0.717) is 0 Å². The van der Waals surface area contributed by atoms with E-state index in [1.54, 1.807) is 20.0 Å². The van der Waals surface area contributed by atoms with Crippen molar-refractivity contribution in [1.29, 1.82) is 0 Å². The Hall–Kier alpha value is -1.32. The van der Waals surface area contributed by atoms with E-state index in [0.717, 1.165) is 5.70 Å². The molecular weight excluding hydrogens is 144 g/mol. The van der Waals surface area contributed by atoms with E-state index in [4.69, 9.17) is 5.11 Å². The lowest BCUT2D eigenvalue weighted by atomic mass is 10.0. The molecule has 1 heterocycles. The molecule has 0 spiro atoms. The molecule has 0 amide bonds. The molecule has 1 unspecified atom stereocenters. The number of carboxylic acid groups (broad SMARTS) is 1. The largest absolute Gasteiger partial charge is 0.479 e. The van der Waals surface area contributed by atoms with Gasteiger partial charge < -0.3 is 10.4 Å². The highest BCUT2D eigenvalue weighted by molar-refractivity contribution is 5.99. The molecule has 0 aliphatic carbocycles. The van der Waals surface area contributed by atoms with Crippen LogP contribution in [0.4, 0.5) is 0 Å². The fourth-order valence-electron chi connectivity index (χ4n) is 0.677. The van der Waals surface area contributed by atoms with Gasteiger partial charge in [0.05, 0.1) is 5.70 Å². The molecule has 0 aromatic rings. The minimum absolute atomic E-state index is 0.781. The number of carboxylic acids is 1. The summed E-state index contributed by atoms with van der Waals surface area (Å²) < 4.78 is 0. The third-order valence-electron chi connectivity index (χ3n) is 1.55. The predicted molar refractivity (Wildman–Crippen MR) is 41.4 cm³/mol. The first-order valence-electron chi connectivity index (χ1n) is 3.28. The zero-order valence-corrected chi connectivity index (χ0v) is 6.46. The predicted octanol–water partition coefficient (Wildman–Crippen LogP) is 0.365. The molecule has 1 atom stereocenters. The quantitative estimate of drug-likeness (QED) is 0.573. The van der Waals surface area contributed by atoms with Crippen molar-refractivity contribution in [2.24, 2.45) is 4.99 Å². The molecule has 0 aromatic heterocycles. The molecule has 60 valence electrons. The van der Waals surface area contributed by atoms with Gasteiger partial charge >= 0.3 is 5.97 Å². The Morgan fingerprint density at radius 1 is 1.82 bits per heavy atom. The van der Waals surface area contributed by atoms with Gasteiger partial charge in [-0.3, -0.25) is 4.99 Å². The number of allylic oxidation sites excluding steroid dienone is 1. The Morgan fingerprint density at radius 3 is 2.82 bits per heavy atom. The van der Waals surface area contributed by atoms with E-state index in [1.165, 1.54) is 6.21 Å². The molecule has 0 fully saturated rings. The summed E-state index contributed by atoms with van der Waals surface area (Å²) in [7, 11) is 0. The first-order chi connectivity index (χ1) is 5.04. The number of carbonyl (C=O) groups is 1. The van der Waals surface area contributed by atoms with Crippen LogP contribution in [0.3, 0.4) is 0 Å². The first-order valence-corrected chi connectivity index (χ1v) is 3.28. The fourth-order valence-corrected chi connectivity index (χ4v) is 0.677. The second-order valence-electron chi connectivity index (χ2n) is 2.70. The Kier molecular flexibility index (Phi) is 1.68. The maximum atomic E-state index is 10.6. The molecule has 1 aliphatic rings. The minimum Gasteiger partial charge on any atom is -0.479 e. The maximum absolute atomic E-state index is 10.6. The lowest BCUT2D eigenvalue weighted by Gasteiger charge is -2.23. The summed E-state index contributed by atoms with van der Waals surface area (Å²) in [5.74, 6) is -0.926. The monoisotopic (exact) mass is 154 g/mol. The second kappa shape index (κ2) is 2.38. The highest BCUT2D eigenvalue weighted by atomic mass is 16.4. The van der Waals surface area contributed by atoms with Gasteiger partial charge in [0.2, 0.25) is 0 Å². The number of hydrogen-bond donors (Lipinski definition) is 2. The van der Waals surface area contributed by atoms with Crippen LogP contribution in [0.1, 0.15) is 13.8 Å². The molecule has 4 nitrogen and oxygen atoms in total. The number of nitrogens with one attached hydrogen (secondary N) is 1. The second-order valence-corrected chi connectivity index (χ2v) is 2.70. The lowest BCUT2D eigenvalue weighted by molar-refractivity contribution is -0.140. The van der Waals surface area contributed by atoms with Crippen molar-refractivity contribution in [2.45, 2.75) is 19.4 Å². The van der Waals surface area contributed by atoms with E-state index in [1.807, 2.05) is 0 Å². The fraction of sp³-hybridized carbons (Fsp3) is 0.429. The van der Waals surface area contributed by atoms with Crippen LogP contribution in [0.15, 0.2) is 16.9 Å². The van der Waals surface area contributed by atoms with E-state index < -0.39 is 11.5 Å². The van der Waals surface area contributed by atoms with Crippen molar-refractivity contribution in [3.8, 4) is 0 Å². The zero-order chi connectivity index (χ0) is 8.48. The summed E-state index contributed by atoms with van der Waals surface area (Å²) in [4.78, 5) is 14.5. The van der Waals surface area contributed by atoms with Crippen LogP contribution in [-0.4, -0.2) is 22.8 Å². The third-order valence-corrected chi connectivity index (χ3v) is 1.55. The van der Waals surface area contributed by atoms with Crippen LogP contribution in [0, 0.1) is 0 Å². The van der Waals surface area contributed by atoms with Gasteiger partial charge in [-0.15, -0.1) is 0 Å². The minimum atomic E-state index is -1.04. The number of aliphatic carboxylic acids is 1. The summed E-state index contributed by atoms with van der Waals surface area (Å²) in [6.45, 7) is 3.35. The Morgan fingerprint density at radius 2 is 2.45 bits per heavy atom. The number of rotatable bonds is 1. The average molecular weight is 154 g/mol. The van der Waals surface area contributed by atoms with Crippen molar-refractivity contribution in [2.75, 3.05) is 0 Å². The van der Waals surface area contributed by atoms with Crippen LogP contribution < -0.4 is 5.32 Å². The van der Waals surface area contributed by atoms with Gasteiger partial charge in [0.1, 0.15) is 0 Å². The highest BCUT2D eigenvalue weighted by Crippen LogP contribution is 2.08. The van der Waals surface area contributed by atoms with Crippen LogP contribution in [-0.2, 0) is 4.79 Å². The summed E-state index contributed by atoms with van der Waals surface area (Å²) in [5.41, 5.74) is -0.261. The summed E-state index contributed by atoms with van der Waals surface area (Å²) in [5, 5.41) is 11.4. The van der Waals surface area contributed by atoms with Crippen molar-refractivity contribution in [3.05, 3.63) is 11.9 Å². The molecule has 1 aliphatic heterocycles. The Labute approximate surface area is 64.6 Å². The van der Waals surface area contributed by atoms with Crippen LogP contribution in [0.2, 0.25) is 0 Å². The molecule has 4 heteroatoms. The van der Waals surface area contributed by atoms with Gasteiger partial charge in [0.25, 0.3) is 0 Å². The standard InChI is InChI=1S/C7H10N2O2/c1-5-3-9-7(2,4-8-5)6(10)11/h3-4,9H,1-2H3,(H,10,11). The van der Waals surface area contributed by atoms with Crippen LogP contribution in [0.5, 0.6) is 0 Å². The van der Waals surface area contributed by atoms with Crippen molar-refractivity contribution < 1.29 is 9.90 Å². The molecule has 0 saturated heterocycles. The first kappa shape index (κ1) is 7.78. The molecule has 2 N–H and O–H groups in total. The van der Waals surface area contributed by atoms with E-state index in [2.05, 4.69) is 10.3 Å². The van der Waals surface area contributed by atoms with E-state index in [9.17, 15) is 4.79 Å². The van der Waals surface area contributed by atoms with Gasteiger partial charge in [-0.1, -0.05) is 0 Å². The average Bonchev–Trinajstić information content (AvgIpc) is 1.95. The lowest BCUT2D eigenvalue weighted by Crippen LogP contribution is -2.49. The van der Waals surface area contributed by atoms with Gasteiger partial charge in [-0.05, 0) is 13.8 Å². The SMILES string of the molecule is CC1=CNC(C)(C(=O)O)C=N1. The highest BCUT2D eigenvalue weighted by Gasteiger charge is 2.31. The number of hydrogen-bond acceptors (Lipinski definition) is 3. The van der Waals surface area contributed by atoms with Crippen molar-refractivity contribution >= 4 is 12.2 Å². The molecule has 0 bridgehead atoms. The molecule has 0 saturated carbocycles. The smallest absolute Gasteiger partial charge is 0.334 e. The van der Waals surface area contributed by atoms with Crippen molar-refractivity contribution in [1.82, 2.24) is 5.32 Å². The normalized spacial score (nSPS) is 29.1. The molecule has 1 rings (SSSR count). The molecular formula is C7H10N2O2.